The highest BCUT2D eigenvalue weighted by Gasteiger charge is 2.11. The minimum atomic E-state index is -0.282. The Balaban J connectivity index is 2.85. The molecule has 2 nitrogen and oxygen atoms in total. The van der Waals surface area contributed by atoms with Crippen molar-refractivity contribution in [2.45, 2.75) is 39.8 Å². The van der Waals surface area contributed by atoms with Crippen LogP contribution in [0.4, 0.5) is 4.39 Å². The van der Waals surface area contributed by atoms with E-state index in [0.717, 1.165) is 18.5 Å². The highest BCUT2D eigenvalue weighted by atomic mass is 19.1. The van der Waals surface area contributed by atoms with Crippen molar-refractivity contribution < 1.29 is 9.13 Å². The zero-order chi connectivity index (χ0) is 12.0. The van der Waals surface area contributed by atoms with E-state index in [-0.39, 0.29) is 11.9 Å². The summed E-state index contributed by atoms with van der Waals surface area (Å²) in [5.74, 6) is 0.105. The van der Waals surface area contributed by atoms with Crippen molar-refractivity contribution in [3.05, 3.63) is 29.6 Å². The summed E-state index contributed by atoms with van der Waals surface area (Å²) in [6, 6.07) is 5.04. The summed E-state index contributed by atoms with van der Waals surface area (Å²) in [6.45, 7) is 7.49. The first-order chi connectivity index (χ1) is 7.69. The fourth-order valence-corrected chi connectivity index (χ4v) is 1.37. The van der Waals surface area contributed by atoms with Gasteiger partial charge in [-0.25, -0.2) is 4.39 Å². The van der Waals surface area contributed by atoms with E-state index in [1.54, 1.807) is 6.07 Å². The zero-order valence-electron chi connectivity index (χ0n) is 10.2. The standard InChI is InChI=1S/C13H20FNO/c1-4-10(3)16-13-11(9-15-5-2)7-6-8-12(13)14/h6-8,10,15H,4-5,9H2,1-3H3. The van der Waals surface area contributed by atoms with Crippen LogP contribution in [0.2, 0.25) is 0 Å². The summed E-state index contributed by atoms with van der Waals surface area (Å²) < 4.78 is 19.2. The smallest absolute Gasteiger partial charge is 0.165 e. The third kappa shape index (κ3) is 3.49. The quantitative estimate of drug-likeness (QED) is 0.803. The first kappa shape index (κ1) is 13.0. The summed E-state index contributed by atoms with van der Waals surface area (Å²) in [7, 11) is 0. The normalized spacial score (nSPS) is 12.5. The molecule has 0 aliphatic carbocycles. The molecule has 0 radical (unpaired) electrons. The lowest BCUT2D eigenvalue weighted by atomic mass is 10.2. The van der Waals surface area contributed by atoms with Crippen molar-refractivity contribution in [1.82, 2.24) is 5.32 Å². The van der Waals surface area contributed by atoms with E-state index >= 15 is 0 Å². The van der Waals surface area contributed by atoms with Gasteiger partial charge in [0.1, 0.15) is 0 Å². The van der Waals surface area contributed by atoms with Gasteiger partial charge >= 0.3 is 0 Å². The molecule has 0 spiro atoms. The zero-order valence-corrected chi connectivity index (χ0v) is 10.2. The summed E-state index contributed by atoms with van der Waals surface area (Å²) in [4.78, 5) is 0. The van der Waals surface area contributed by atoms with Gasteiger partial charge in [0.05, 0.1) is 6.10 Å². The van der Waals surface area contributed by atoms with Crippen molar-refractivity contribution in [2.75, 3.05) is 6.54 Å². The molecule has 0 heterocycles. The van der Waals surface area contributed by atoms with Crippen molar-refractivity contribution in [3.63, 3.8) is 0 Å². The Labute approximate surface area is 96.8 Å². The van der Waals surface area contributed by atoms with Gasteiger partial charge in [-0.3, -0.25) is 0 Å². The van der Waals surface area contributed by atoms with E-state index in [4.69, 9.17) is 4.74 Å². The fourth-order valence-electron chi connectivity index (χ4n) is 1.37. The second kappa shape index (κ2) is 6.48. The molecular formula is C13H20FNO. The van der Waals surface area contributed by atoms with Crippen LogP contribution in [0.25, 0.3) is 0 Å². The number of benzene rings is 1. The third-order valence-electron chi connectivity index (χ3n) is 2.51. The van der Waals surface area contributed by atoms with Crippen molar-refractivity contribution in [2.24, 2.45) is 0 Å². The molecule has 0 aromatic heterocycles. The number of halogens is 1. The average Bonchev–Trinajstić information content (AvgIpc) is 2.29. The predicted molar refractivity (Wildman–Crippen MR) is 64.2 cm³/mol. The minimum absolute atomic E-state index is 0.0391. The molecule has 1 atom stereocenters. The molecule has 0 aliphatic heterocycles. The lowest BCUT2D eigenvalue weighted by Gasteiger charge is -2.16. The van der Waals surface area contributed by atoms with Gasteiger partial charge < -0.3 is 10.1 Å². The van der Waals surface area contributed by atoms with Gasteiger partial charge in [0.2, 0.25) is 0 Å². The van der Waals surface area contributed by atoms with Gasteiger partial charge in [-0.15, -0.1) is 0 Å². The van der Waals surface area contributed by atoms with Crippen LogP contribution in [-0.4, -0.2) is 12.6 Å². The lowest BCUT2D eigenvalue weighted by Crippen LogP contribution is -2.16. The number of rotatable bonds is 6. The van der Waals surface area contributed by atoms with Gasteiger partial charge in [0, 0.05) is 12.1 Å². The van der Waals surface area contributed by atoms with Crippen molar-refractivity contribution in [1.29, 1.82) is 0 Å². The SMILES string of the molecule is CCNCc1cccc(F)c1OC(C)CC. The van der Waals surface area contributed by atoms with Gasteiger partial charge in [-0.2, -0.15) is 0 Å². The number of nitrogens with one attached hydrogen (secondary N) is 1. The lowest BCUT2D eigenvalue weighted by molar-refractivity contribution is 0.205. The molecule has 1 rings (SSSR count). The highest BCUT2D eigenvalue weighted by Crippen LogP contribution is 2.24. The molecule has 90 valence electrons. The molecule has 0 fully saturated rings. The number of hydrogen-bond acceptors (Lipinski definition) is 2. The van der Waals surface area contributed by atoms with Gasteiger partial charge in [-0.05, 0) is 26.0 Å². The van der Waals surface area contributed by atoms with Crippen LogP contribution in [0.15, 0.2) is 18.2 Å². The molecule has 1 aromatic rings. The summed E-state index contributed by atoms with van der Waals surface area (Å²) >= 11 is 0. The summed E-state index contributed by atoms with van der Waals surface area (Å²) in [5.41, 5.74) is 0.877. The highest BCUT2D eigenvalue weighted by molar-refractivity contribution is 5.35. The maximum atomic E-state index is 13.6. The maximum Gasteiger partial charge on any atom is 0.165 e. The van der Waals surface area contributed by atoms with Gasteiger partial charge in [0.15, 0.2) is 11.6 Å². The second-order valence-electron chi connectivity index (χ2n) is 3.85. The third-order valence-corrected chi connectivity index (χ3v) is 2.51. The van der Waals surface area contributed by atoms with Crippen LogP contribution < -0.4 is 10.1 Å². The van der Waals surface area contributed by atoms with Crippen LogP contribution in [-0.2, 0) is 6.54 Å². The molecule has 16 heavy (non-hydrogen) atoms. The van der Waals surface area contributed by atoms with Crippen molar-refractivity contribution >= 4 is 0 Å². The molecule has 1 unspecified atom stereocenters. The Bertz CT molecular complexity index is 328. The number of ether oxygens (including phenoxy) is 1. The molecule has 3 heteroatoms. The molecule has 0 amide bonds. The molecule has 0 aliphatic rings. The Hall–Kier alpha value is -1.09. The minimum Gasteiger partial charge on any atom is -0.487 e. The van der Waals surface area contributed by atoms with Crippen LogP contribution in [0.1, 0.15) is 32.8 Å². The largest absolute Gasteiger partial charge is 0.487 e. The summed E-state index contributed by atoms with van der Waals surface area (Å²) in [6.07, 6.45) is 0.909. The van der Waals surface area contributed by atoms with Gasteiger partial charge in [0.25, 0.3) is 0 Å². The molecule has 0 bridgehead atoms. The van der Waals surface area contributed by atoms with E-state index in [1.165, 1.54) is 6.07 Å². The summed E-state index contributed by atoms with van der Waals surface area (Å²) in [5, 5.41) is 3.18. The maximum absolute atomic E-state index is 13.6. The van der Waals surface area contributed by atoms with Crippen LogP contribution in [0.5, 0.6) is 5.75 Å². The van der Waals surface area contributed by atoms with Crippen LogP contribution in [0.3, 0.4) is 0 Å². The number of hydrogen-bond donors (Lipinski definition) is 1. The second-order valence-corrected chi connectivity index (χ2v) is 3.85. The first-order valence-corrected chi connectivity index (χ1v) is 5.83. The molecule has 1 aromatic carbocycles. The van der Waals surface area contributed by atoms with E-state index in [0.29, 0.717) is 12.3 Å². The van der Waals surface area contributed by atoms with E-state index < -0.39 is 0 Å². The first-order valence-electron chi connectivity index (χ1n) is 5.83. The van der Waals surface area contributed by atoms with Crippen LogP contribution in [0, 0.1) is 5.82 Å². The number of para-hydroxylation sites is 1. The fraction of sp³-hybridized carbons (Fsp3) is 0.538. The Morgan fingerprint density at radius 2 is 2.12 bits per heavy atom. The molecule has 0 saturated heterocycles. The Morgan fingerprint density at radius 1 is 1.38 bits per heavy atom. The Morgan fingerprint density at radius 3 is 2.75 bits per heavy atom. The monoisotopic (exact) mass is 225 g/mol. The van der Waals surface area contributed by atoms with Crippen LogP contribution >= 0.6 is 0 Å². The molecule has 0 saturated carbocycles. The topological polar surface area (TPSA) is 21.3 Å². The Kier molecular flexibility index (Phi) is 5.26. The van der Waals surface area contributed by atoms with E-state index in [9.17, 15) is 4.39 Å². The van der Waals surface area contributed by atoms with Gasteiger partial charge in [-0.1, -0.05) is 26.0 Å². The molecular weight excluding hydrogens is 205 g/mol. The van der Waals surface area contributed by atoms with Crippen molar-refractivity contribution in [3.8, 4) is 5.75 Å². The molecule has 1 N–H and O–H groups in total. The average molecular weight is 225 g/mol. The van der Waals surface area contributed by atoms with E-state index in [1.807, 2.05) is 26.8 Å². The van der Waals surface area contributed by atoms with E-state index in [2.05, 4.69) is 5.32 Å². The predicted octanol–water partition coefficient (Wildman–Crippen LogP) is 3.11.